The van der Waals surface area contributed by atoms with Crippen LogP contribution in [0.1, 0.15) is 79.0 Å². The van der Waals surface area contributed by atoms with Gasteiger partial charge in [-0.1, -0.05) is 172 Å². The molecule has 0 radical (unpaired) electrons. The van der Waals surface area contributed by atoms with Crippen LogP contribution >= 0.6 is 11.3 Å². The highest BCUT2D eigenvalue weighted by molar-refractivity contribution is 7.26. The van der Waals surface area contributed by atoms with Gasteiger partial charge in [-0.05, 0) is 98.0 Å². The molecule has 0 bridgehead atoms. The monoisotopic (exact) mass is 860 g/mol. The Labute approximate surface area is 387 Å². The minimum atomic E-state index is -0.171. The molecule has 0 saturated carbocycles. The van der Waals surface area contributed by atoms with Crippen LogP contribution < -0.4 is 20.6 Å². The van der Waals surface area contributed by atoms with E-state index in [-0.39, 0.29) is 23.1 Å². The fraction of sp³-hybridized carbons (Fsp3) is 0.200. The lowest BCUT2D eigenvalue weighted by atomic mass is 9.43. The molecule has 0 amide bonds. The fourth-order valence-corrected chi connectivity index (χ4v) is 11.9. The minimum absolute atomic E-state index is 0.0220. The molecule has 10 aromatic rings. The van der Waals surface area contributed by atoms with Crippen LogP contribution in [-0.2, 0) is 16.2 Å². The van der Waals surface area contributed by atoms with Crippen molar-refractivity contribution in [3.63, 3.8) is 0 Å². The maximum atomic E-state index is 7.12. The Morgan fingerprint density at radius 3 is 1.88 bits per heavy atom. The third-order valence-corrected chi connectivity index (χ3v) is 15.3. The van der Waals surface area contributed by atoms with Crippen molar-refractivity contribution >= 4 is 99.7 Å². The van der Waals surface area contributed by atoms with E-state index in [1.54, 1.807) is 0 Å². The normalized spacial score (nSPS) is 13.8. The first-order chi connectivity index (χ1) is 31.1. The Morgan fingerprint density at radius 1 is 0.492 bits per heavy atom. The molecule has 0 N–H and O–H groups in total. The number of nitrogens with zero attached hydrogens (tertiary/aromatic N) is 2. The van der Waals surface area contributed by atoms with Crippen molar-refractivity contribution in [2.45, 2.75) is 78.6 Å². The predicted octanol–water partition coefficient (Wildman–Crippen LogP) is 16.2. The second kappa shape index (κ2) is 14.0. The molecule has 4 heterocycles. The average molecular weight is 861 g/mol. The van der Waals surface area contributed by atoms with Crippen LogP contribution in [0.5, 0.6) is 0 Å². The van der Waals surface area contributed by atoms with E-state index < -0.39 is 0 Å². The molecule has 5 heteroatoms. The number of fused-ring (bicyclic) bond motifs is 12. The van der Waals surface area contributed by atoms with Crippen LogP contribution in [0.4, 0.5) is 28.4 Å². The van der Waals surface area contributed by atoms with Gasteiger partial charge in [0.25, 0.3) is 0 Å². The third kappa shape index (κ3) is 6.08. The number of thiophene rings is 1. The summed E-state index contributed by atoms with van der Waals surface area (Å²) in [4.78, 5) is 5.31. The van der Waals surface area contributed by atoms with E-state index in [1.165, 1.54) is 92.8 Å². The summed E-state index contributed by atoms with van der Waals surface area (Å²) < 4.78 is 9.71. The lowest BCUT2D eigenvalue weighted by molar-refractivity contribution is 0.590. The van der Waals surface area contributed by atoms with Crippen molar-refractivity contribution in [2.24, 2.45) is 0 Å². The van der Waals surface area contributed by atoms with Crippen molar-refractivity contribution < 1.29 is 4.42 Å². The minimum Gasteiger partial charge on any atom is -0.455 e. The predicted molar refractivity (Wildman–Crippen MR) is 282 cm³/mol. The molecule has 0 spiro atoms. The van der Waals surface area contributed by atoms with Gasteiger partial charge in [0.1, 0.15) is 11.2 Å². The third-order valence-electron chi connectivity index (χ3n) is 14.1. The van der Waals surface area contributed by atoms with Gasteiger partial charge in [-0.15, -0.1) is 11.3 Å². The van der Waals surface area contributed by atoms with E-state index in [4.69, 9.17) is 4.42 Å². The van der Waals surface area contributed by atoms with Gasteiger partial charge >= 0.3 is 6.85 Å². The Morgan fingerprint density at radius 2 is 1.14 bits per heavy atom. The molecule has 0 aliphatic carbocycles. The molecule has 0 unspecified atom stereocenters. The van der Waals surface area contributed by atoms with Gasteiger partial charge in [-0.2, -0.15) is 0 Å². The first-order valence-electron chi connectivity index (χ1n) is 23.1. The van der Waals surface area contributed by atoms with E-state index in [0.717, 1.165) is 27.6 Å². The van der Waals surface area contributed by atoms with Crippen LogP contribution in [0, 0.1) is 0 Å². The number of anilines is 5. The number of rotatable bonds is 3. The van der Waals surface area contributed by atoms with E-state index in [9.17, 15) is 0 Å². The second-order valence-corrected chi connectivity index (χ2v) is 22.4. The van der Waals surface area contributed by atoms with E-state index in [0.29, 0.717) is 0 Å². The van der Waals surface area contributed by atoms with Gasteiger partial charge in [-0.3, -0.25) is 0 Å². The molecule has 0 fully saturated rings. The van der Waals surface area contributed by atoms with Crippen LogP contribution in [0.2, 0.25) is 0 Å². The van der Waals surface area contributed by atoms with Crippen molar-refractivity contribution in [3.8, 4) is 22.3 Å². The van der Waals surface area contributed by atoms with Gasteiger partial charge < -0.3 is 14.1 Å². The van der Waals surface area contributed by atoms with E-state index in [1.807, 2.05) is 11.3 Å². The van der Waals surface area contributed by atoms with Crippen molar-refractivity contribution in [1.29, 1.82) is 0 Å². The quantitative estimate of drug-likeness (QED) is 0.165. The molecule has 8 aromatic carbocycles. The number of benzene rings is 8. The Hall–Kier alpha value is -6.56. The van der Waals surface area contributed by atoms with Crippen LogP contribution in [0.15, 0.2) is 162 Å². The first kappa shape index (κ1) is 40.0. The number of furan rings is 1. The number of hydrogen-bond acceptors (Lipinski definition) is 4. The largest absolute Gasteiger partial charge is 0.455 e. The summed E-state index contributed by atoms with van der Waals surface area (Å²) in [6.07, 6.45) is 0. The maximum absolute atomic E-state index is 7.12. The highest BCUT2D eigenvalue weighted by atomic mass is 32.1. The molecule has 3 nitrogen and oxygen atoms in total. The molecular weight excluding hydrogens is 808 g/mol. The van der Waals surface area contributed by atoms with Crippen molar-refractivity contribution in [2.75, 3.05) is 9.71 Å². The van der Waals surface area contributed by atoms with Gasteiger partial charge in [0.05, 0.1) is 16.1 Å². The molecule has 318 valence electrons. The van der Waals surface area contributed by atoms with Gasteiger partial charge in [-0.25, -0.2) is 0 Å². The Bertz CT molecular complexity index is 3560. The molecular formula is C60H53BN2OS. The topological polar surface area (TPSA) is 19.6 Å². The summed E-state index contributed by atoms with van der Waals surface area (Å²) in [6.45, 7) is 20.7. The summed E-state index contributed by atoms with van der Waals surface area (Å²) in [5, 5.41) is 4.84. The number of para-hydroxylation sites is 1. The van der Waals surface area contributed by atoms with E-state index in [2.05, 4.69) is 230 Å². The maximum Gasteiger partial charge on any atom is 0.333 e. The van der Waals surface area contributed by atoms with Gasteiger partial charge in [0.15, 0.2) is 0 Å². The van der Waals surface area contributed by atoms with Crippen molar-refractivity contribution in [1.82, 2.24) is 0 Å². The summed E-state index contributed by atoms with van der Waals surface area (Å²) >= 11 is 1.92. The molecule has 0 atom stereocenters. The molecule has 2 aliphatic heterocycles. The second-order valence-electron chi connectivity index (χ2n) is 21.4. The van der Waals surface area contributed by atoms with Gasteiger partial charge in [0, 0.05) is 60.0 Å². The summed E-state index contributed by atoms with van der Waals surface area (Å²) in [5.41, 5.74) is 19.0. The molecule has 2 aromatic heterocycles. The smallest absolute Gasteiger partial charge is 0.333 e. The molecule has 65 heavy (non-hydrogen) atoms. The van der Waals surface area contributed by atoms with Crippen LogP contribution in [0.3, 0.4) is 0 Å². The highest BCUT2D eigenvalue weighted by Gasteiger charge is 2.48. The number of hydrogen-bond donors (Lipinski definition) is 0. The zero-order chi connectivity index (χ0) is 44.7. The Balaban J connectivity index is 1.28. The first-order valence-corrected chi connectivity index (χ1v) is 23.9. The van der Waals surface area contributed by atoms with Gasteiger partial charge in [0.2, 0.25) is 0 Å². The summed E-state index contributed by atoms with van der Waals surface area (Å²) in [5.74, 6) is 0. The summed E-state index contributed by atoms with van der Waals surface area (Å²) in [7, 11) is 0. The molecule has 12 rings (SSSR count). The van der Waals surface area contributed by atoms with Crippen molar-refractivity contribution in [3.05, 3.63) is 174 Å². The lowest BCUT2D eigenvalue weighted by Crippen LogP contribution is -2.61. The summed E-state index contributed by atoms with van der Waals surface area (Å²) in [6, 6.07) is 59.7. The zero-order valence-electron chi connectivity index (χ0n) is 38.8. The highest BCUT2D eigenvalue weighted by Crippen LogP contribution is 2.54. The fourth-order valence-electron chi connectivity index (χ4n) is 10.6. The zero-order valence-corrected chi connectivity index (χ0v) is 39.6. The van der Waals surface area contributed by atoms with Crippen LogP contribution in [0.25, 0.3) is 64.4 Å². The Kier molecular flexibility index (Phi) is 8.60. The lowest BCUT2D eigenvalue weighted by Gasteiger charge is -2.46. The molecule has 2 aliphatic rings. The standard InChI is InChI=1S/C60H53BN2OS/c1-58(2,3)37-23-27-40(28-24-37)63-49-34-39(60(7,8)9)25-29-44(49)53-54-50(35-46-41-19-13-15-21-51(41)64-56(46)53)62(48-32-26-38(59(4,5)6)33-45(48)36-17-11-10-12-18-36)55-47(61(54)63)31-30-43-42-20-14-16-22-52(42)65-57(43)55/h10-35H,1-9H3. The average Bonchev–Trinajstić information content (AvgIpc) is 3.86. The molecule has 0 saturated heterocycles. The van der Waals surface area contributed by atoms with Crippen LogP contribution in [-0.4, -0.2) is 6.85 Å². The SMILES string of the molecule is CC(C)(C)c1ccc(N2B3c4ccc5c(sc6ccccc65)c4N(c4ccc(C(C)(C)C)cc4-c4ccccc4)c4cc5c(oc6ccccc65)c(c43)-c3ccc(C(C)(C)C)cc32)cc1. The van der Waals surface area contributed by atoms with E-state index >= 15 is 0 Å².